The van der Waals surface area contributed by atoms with Gasteiger partial charge in [0.15, 0.2) is 9.84 Å². The summed E-state index contributed by atoms with van der Waals surface area (Å²) in [6.45, 7) is 1.11. The molecule has 108 valence electrons. The van der Waals surface area contributed by atoms with Crippen molar-refractivity contribution in [3.63, 3.8) is 0 Å². The van der Waals surface area contributed by atoms with Crippen molar-refractivity contribution in [3.8, 4) is 0 Å². The van der Waals surface area contributed by atoms with Crippen LogP contribution in [0.25, 0.3) is 0 Å². The minimum atomic E-state index is -2.99. The average molecular weight is 290 g/mol. The van der Waals surface area contributed by atoms with Gasteiger partial charge in [-0.05, 0) is 19.4 Å². The van der Waals surface area contributed by atoms with E-state index in [9.17, 15) is 18.0 Å². The molecule has 19 heavy (non-hydrogen) atoms. The van der Waals surface area contributed by atoms with Crippen molar-refractivity contribution in [1.82, 2.24) is 10.2 Å². The standard InChI is InChI=1S/C11H18N2O5S/c14-10(12-9-2-4-19(17,18)7-9)6-13-3-1-8(5-13)11(15)16/h8-9H,1-7H2,(H,12,14)(H,15,16). The summed E-state index contributed by atoms with van der Waals surface area (Å²) >= 11 is 0. The summed E-state index contributed by atoms with van der Waals surface area (Å²) in [4.78, 5) is 24.3. The zero-order valence-electron chi connectivity index (χ0n) is 10.5. The lowest BCUT2D eigenvalue weighted by atomic mass is 10.1. The molecule has 2 unspecified atom stereocenters. The fourth-order valence-electron chi connectivity index (χ4n) is 2.56. The third-order valence-corrected chi connectivity index (χ3v) is 5.35. The van der Waals surface area contributed by atoms with Crippen LogP contribution < -0.4 is 5.32 Å². The molecule has 0 aromatic heterocycles. The van der Waals surface area contributed by atoms with Gasteiger partial charge in [0.2, 0.25) is 5.91 Å². The van der Waals surface area contributed by atoms with E-state index < -0.39 is 21.7 Å². The van der Waals surface area contributed by atoms with Crippen molar-refractivity contribution in [2.24, 2.45) is 5.92 Å². The van der Waals surface area contributed by atoms with E-state index in [2.05, 4.69) is 5.32 Å². The summed E-state index contributed by atoms with van der Waals surface area (Å²) < 4.78 is 22.5. The monoisotopic (exact) mass is 290 g/mol. The minimum Gasteiger partial charge on any atom is -0.481 e. The van der Waals surface area contributed by atoms with E-state index >= 15 is 0 Å². The quantitative estimate of drug-likeness (QED) is 0.667. The number of nitrogens with zero attached hydrogens (tertiary/aromatic N) is 1. The van der Waals surface area contributed by atoms with Gasteiger partial charge < -0.3 is 10.4 Å². The van der Waals surface area contributed by atoms with Crippen LogP contribution in [0.5, 0.6) is 0 Å². The van der Waals surface area contributed by atoms with Crippen molar-refractivity contribution in [1.29, 1.82) is 0 Å². The Morgan fingerprint density at radius 3 is 2.58 bits per heavy atom. The SMILES string of the molecule is O=C(CN1CCC(C(=O)O)C1)NC1CCS(=O)(=O)C1. The second-order valence-electron chi connectivity index (χ2n) is 5.23. The van der Waals surface area contributed by atoms with E-state index in [4.69, 9.17) is 5.11 Å². The highest BCUT2D eigenvalue weighted by Gasteiger charge is 2.31. The number of carbonyl (C=O) groups is 2. The second kappa shape index (κ2) is 5.46. The summed E-state index contributed by atoms with van der Waals surface area (Å²) in [5.74, 6) is -1.32. The van der Waals surface area contributed by atoms with Gasteiger partial charge in [-0.25, -0.2) is 8.42 Å². The van der Waals surface area contributed by atoms with E-state index in [1.54, 1.807) is 4.90 Å². The van der Waals surface area contributed by atoms with Gasteiger partial charge in [-0.1, -0.05) is 0 Å². The first kappa shape index (κ1) is 14.3. The van der Waals surface area contributed by atoms with Gasteiger partial charge in [0.1, 0.15) is 0 Å². The first-order valence-corrected chi connectivity index (χ1v) is 8.13. The molecule has 2 heterocycles. The Morgan fingerprint density at radius 2 is 2.05 bits per heavy atom. The van der Waals surface area contributed by atoms with Crippen LogP contribution in [0.4, 0.5) is 0 Å². The zero-order chi connectivity index (χ0) is 14.0. The number of carbonyl (C=O) groups excluding carboxylic acids is 1. The molecule has 2 fully saturated rings. The molecule has 2 N–H and O–H groups in total. The molecule has 0 spiro atoms. The lowest BCUT2D eigenvalue weighted by Crippen LogP contribution is -2.42. The predicted octanol–water partition coefficient (Wildman–Crippen LogP) is -1.30. The predicted molar refractivity (Wildman–Crippen MR) is 67.4 cm³/mol. The number of sulfone groups is 1. The van der Waals surface area contributed by atoms with Crippen molar-refractivity contribution in [3.05, 3.63) is 0 Å². The molecule has 0 radical (unpaired) electrons. The highest BCUT2D eigenvalue weighted by molar-refractivity contribution is 7.91. The summed E-state index contributed by atoms with van der Waals surface area (Å²) in [5, 5.41) is 11.6. The highest BCUT2D eigenvalue weighted by atomic mass is 32.2. The number of carboxylic acids is 1. The van der Waals surface area contributed by atoms with E-state index in [0.29, 0.717) is 25.9 Å². The number of carboxylic acid groups (broad SMARTS) is 1. The van der Waals surface area contributed by atoms with Crippen LogP contribution in [-0.4, -0.2) is 67.5 Å². The van der Waals surface area contributed by atoms with Crippen molar-refractivity contribution in [2.45, 2.75) is 18.9 Å². The highest BCUT2D eigenvalue weighted by Crippen LogP contribution is 2.16. The molecule has 0 saturated carbocycles. The Kier molecular flexibility index (Phi) is 4.10. The lowest BCUT2D eigenvalue weighted by molar-refractivity contribution is -0.141. The summed E-state index contributed by atoms with van der Waals surface area (Å²) in [7, 11) is -2.99. The number of amides is 1. The Labute approximate surface area is 111 Å². The molecule has 8 heteroatoms. The van der Waals surface area contributed by atoms with Crippen LogP contribution in [0.1, 0.15) is 12.8 Å². The third kappa shape index (κ3) is 3.90. The minimum absolute atomic E-state index is 0.0104. The molecule has 0 aromatic carbocycles. The number of aliphatic carboxylic acids is 1. The molecule has 2 aliphatic rings. The van der Waals surface area contributed by atoms with Crippen molar-refractivity contribution >= 4 is 21.7 Å². The summed E-state index contributed by atoms with van der Waals surface area (Å²) in [5.41, 5.74) is 0. The maximum atomic E-state index is 11.7. The molecule has 0 aromatic rings. The van der Waals surface area contributed by atoms with E-state index in [1.807, 2.05) is 0 Å². The van der Waals surface area contributed by atoms with E-state index in [0.717, 1.165) is 0 Å². The molecular weight excluding hydrogens is 272 g/mol. The molecule has 2 saturated heterocycles. The molecular formula is C11H18N2O5S. The first-order chi connectivity index (χ1) is 8.85. The Hall–Kier alpha value is -1.15. The molecule has 1 amide bonds. The number of nitrogens with one attached hydrogen (secondary N) is 1. The average Bonchev–Trinajstić information content (AvgIpc) is 2.85. The molecule has 2 atom stereocenters. The summed E-state index contributed by atoms with van der Waals surface area (Å²) in [6.07, 6.45) is 1.02. The van der Waals surface area contributed by atoms with Gasteiger partial charge >= 0.3 is 5.97 Å². The Morgan fingerprint density at radius 1 is 1.32 bits per heavy atom. The van der Waals surface area contributed by atoms with Gasteiger partial charge in [-0.2, -0.15) is 0 Å². The number of hydrogen-bond acceptors (Lipinski definition) is 5. The Bertz CT molecular complexity index is 475. The lowest BCUT2D eigenvalue weighted by Gasteiger charge is -2.17. The zero-order valence-corrected chi connectivity index (χ0v) is 11.4. The fourth-order valence-corrected chi connectivity index (χ4v) is 4.24. The van der Waals surface area contributed by atoms with Gasteiger partial charge in [0, 0.05) is 12.6 Å². The van der Waals surface area contributed by atoms with Crippen LogP contribution in [0, 0.1) is 5.92 Å². The van der Waals surface area contributed by atoms with Crippen LogP contribution in [-0.2, 0) is 19.4 Å². The molecule has 0 bridgehead atoms. The van der Waals surface area contributed by atoms with Gasteiger partial charge in [0.25, 0.3) is 0 Å². The first-order valence-electron chi connectivity index (χ1n) is 6.31. The summed E-state index contributed by atoms with van der Waals surface area (Å²) in [6, 6.07) is -0.296. The van der Waals surface area contributed by atoms with E-state index in [1.165, 1.54) is 0 Å². The maximum absolute atomic E-state index is 11.7. The van der Waals surface area contributed by atoms with Crippen LogP contribution in [0.15, 0.2) is 0 Å². The van der Waals surface area contributed by atoms with Crippen LogP contribution >= 0.6 is 0 Å². The van der Waals surface area contributed by atoms with E-state index in [-0.39, 0.29) is 30.0 Å². The Balaban J connectivity index is 1.75. The van der Waals surface area contributed by atoms with Gasteiger partial charge in [-0.3, -0.25) is 14.5 Å². The van der Waals surface area contributed by atoms with Crippen LogP contribution in [0.3, 0.4) is 0 Å². The largest absolute Gasteiger partial charge is 0.481 e. The molecule has 2 rings (SSSR count). The fraction of sp³-hybridized carbons (Fsp3) is 0.818. The van der Waals surface area contributed by atoms with Crippen LogP contribution in [0.2, 0.25) is 0 Å². The molecule has 0 aliphatic carbocycles. The molecule has 2 aliphatic heterocycles. The maximum Gasteiger partial charge on any atom is 0.307 e. The number of hydrogen-bond donors (Lipinski definition) is 2. The molecule has 7 nitrogen and oxygen atoms in total. The normalized spacial score (nSPS) is 30.3. The number of rotatable bonds is 4. The third-order valence-electron chi connectivity index (χ3n) is 3.59. The van der Waals surface area contributed by atoms with Gasteiger partial charge in [0.05, 0.1) is 24.0 Å². The number of likely N-dealkylation sites (tertiary alicyclic amines) is 1. The van der Waals surface area contributed by atoms with Crippen molar-refractivity contribution < 1.29 is 23.1 Å². The van der Waals surface area contributed by atoms with Crippen molar-refractivity contribution in [2.75, 3.05) is 31.1 Å². The van der Waals surface area contributed by atoms with Gasteiger partial charge in [-0.15, -0.1) is 0 Å². The topological polar surface area (TPSA) is 104 Å². The second-order valence-corrected chi connectivity index (χ2v) is 7.46. The smallest absolute Gasteiger partial charge is 0.307 e.